The molecule has 0 aliphatic rings. The fourth-order valence-electron chi connectivity index (χ4n) is 1.75. The Hall–Kier alpha value is -0.500. The number of nitrogens with two attached hydrogens (primary N) is 1. The van der Waals surface area contributed by atoms with Gasteiger partial charge in [0.15, 0.2) is 0 Å². The third-order valence-electron chi connectivity index (χ3n) is 2.91. The minimum Gasteiger partial charge on any atom is -0.369 e. The first kappa shape index (κ1) is 13.9. The Morgan fingerprint density at radius 2 is 2.17 bits per heavy atom. The first-order valence-electron chi connectivity index (χ1n) is 5.50. The van der Waals surface area contributed by atoms with Crippen molar-refractivity contribution in [3.63, 3.8) is 0 Å². The zero-order valence-electron chi connectivity index (χ0n) is 10.5. The van der Waals surface area contributed by atoms with Gasteiger partial charge >= 0.3 is 0 Å². The molecule has 0 aliphatic carbocycles. The number of imidazole rings is 1. The van der Waals surface area contributed by atoms with E-state index in [2.05, 4.69) is 25.1 Å². The molecule has 0 saturated heterocycles. The number of anilines is 1. The molecular weight excluding hydrogens is 364 g/mol. The molecule has 2 rings (SSSR count). The number of benzene rings is 1. The van der Waals surface area contributed by atoms with Crippen LogP contribution in [-0.4, -0.2) is 20.6 Å². The lowest BCUT2D eigenvalue weighted by Crippen LogP contribution is -2.23. The maximum atomic E-state index is 13.7. The lowest BCUT2D eigenvalue weighted by atomic mass is 10.2. The van der Waals surface area contributed by atoms with Crippen LogP contribution in [0.5, 0.6) is 0 Å². The Kier molecular flexibility index (Phi) is 3.77. The predicted octanol–water partition coefficient (Wildman–Crippen LogP) is 3.50. The van der Waals surface area contributed by atoms with E-state index in [1.807, 2.05) is 27.2 Å². The Morgan fingerprint density at radius 3 is 2.78 bits per heavy atom. The minimum absolute atomic E-state index is 0.0290. The predicted molar refractivity (Wildman–Crippen MR) is 84.4 cm³/mol. The SMILES string of the molecule is CSC(C)(C)Cn1c(N)nc2cc(I)c(F)cc21. The van der Waals surface area contributed by atoms with E-state index < -0.39 is 0 Å². The molecule has 1 heterocycles. The van der Waals surface area contributed by atoms with Crippen molar-refractivity contribution in [2.45, 2.75) is 25.1 Å². The van der Waals surface area contributed by atoms with Gasteiger partial charge in [-0.05, 0) is 48.8 Å². The summed E-state index contributed by atoms with van der Waals surface area (Å²) in [5, 5.41) is 0. The van der Waals surface area contributed by atoms with Crippen LogP contribution in [0.25, 0.3) is 11.0 Å². The summed E-state index contributed by atoms with van der Waals surface area (Å²) >= 11 is 3.71. The molecule has 0 amide bonds. The van der Waals surface area contributed by atoms with Crippen molar-refractivity contribution in [2.75, 3.05) is 12.0 Å². The Bertz CT molecular complexity index is 595. The van der Waals surface area contributed by atoms with Crippen LogP contribution in [0.15, 0.2) is 12.1 Å². The van der Waals surface area contributed by atoms with Crippen molar-refractivity contribution >= 4 is 51.3 Å². The number of rotatable bonds is 3. The second kappa shape index (κ2) is 4.88. The lowest BCUT2D eigenvalue weighted by molar-refractivity contribution is 0.582. The van der Waals surface area contributed by atoms with Gasteiger partial charge in [0.25, 0.3) is 0 Å². The smallest absolute Gasteiger partial charge is 0.201 e. The third kappa shape index (κ3) is 2.59. The number of nitrogens with zero attached hydrogens (tertiary/aromatic N) is 2. The first-order chi connectivity index (χ1) is 8.34. The number of hydrogen-bond donors (Lipinski definition) is 1. The maximum Gasteiger partial charge on any atom is 0.201 e. The Labute approximate surface area is 123 Å². The van der Waals surface area contributed by atoms with E-state index in [0.29, 0.717) is 16.1 Å². The van der Waals surface area contributed by atoms with Gasteiger partial charge in [0.05, 0.1) is 14.6 Å². The highest BCUT2D eigenvalue weighted by molar-refractivity contribution is 14.1. The second-order valence-corrected chi connectivity index (χ2v) is 7.45. The Balaban J connectivity index is 2.57. The molecule has 0 atom stereocenters. The van der Waals surface area contributed by atoms with Crippen LogP contribution in [0.2, 0.25) is 0 Å². The average Bonchev–Trinajstić information content (AvgIpc) is 2.57. The molecule has 0 saturated carbocycles. The molecule has 2 N–H and O–H groups in total. The van der Waals surface area contributed by atoms with Gasteiger partial charge < -0.3 is 10.3 Å². The van der Waals surface area contributed by atoms with Gasteiger partial charge in [-0.2, -0.15) is 11.8 Å². The fourth-order valence-corrected chi connectivity index (χ4v) is 2.46. The van der Waals surface area contributed by atoms with Crippen LogP contribution in [0.1, 0.15) is 13.8 Å². The van der Waals surface area contributed by atoms with Crippen molar-refractivity contribution in [3.05, 3.63) is 21.5 Å². The summed E-state index contributed by atoms with van der Waals surface area (Å²) in [6, 6.07) is 3.24. The summed E-state index contributed by atoms with van der Waals surface area (Å²) in [6.45, 7) is 4.97. The van der Waals surface area contributed by atoms with E-state index in [4.69, 9.17) is 5.73 Å². The van der Waals surface area contributed by atoms with E-state index in [1.54, 1.807) is 17.8 Å². The summed E-state index contributed by atoms with van der Waals surface area (Å²) in [5.74, 6) is 0.208. The van der Waals surface area contributed by atoms with Crippen LogP contribution in [-0.2, 0) is 6.54 Å². The van der Waals surface area contributed by atoms with Crippen LogP contribution in [0.3, 0.4) is 0 Å². The number of halogens is 2. The molecule has 0 bridgehead atoms. The van der Waals surface area contributed by atoms with Crippen molar-refractivity contribution in [1.29, 1.82) is 0 Å². The molecule has 18 heavy (non-hydrogen) atoms. The van der Waals surface area contributed by atoms with E-state index in [1.165, 1.54) is 6.07 Å². The van der Waals surface area contributed by atoms with Crippen LogP contribution in [0, 0.1) is 9.39 Å². The van der Waals surface area contributed by atoms with Crippen molar-refractivity contribution in [3.8, 4) is 0 Å². The van der Waals surface area contributed by atoms with Crippen LogP contribution < -0.4 is 5.73 Å². The number of thioether (sulfide) groups is 1. The van der Waals surface area contributed by atoms with Crippen molar-refractivity contribution < 1.29 is 4.39 Å². The van der Waals surface area contributed by atoms with Gasteiger partial charge in [-0.1, -0.05) is 0 Å². The molecule has 0 aliphatic heterocycles. The zero-order chi connectivity index (χ0) is 13.5. The number of fused-ring (bicyclic) bond motifs is 1. The second-order valence-electron chi connectivity index (χ2n) is 4.77. The number of nitrogen functional groups attached to an aromatic ring is 1. The zero-order valence-corrected chi connectivity index (χ0v) is 13.5. The van der Waals surface area contributed by atoms with Gasteiger partial charge in [-0.25, -0.2) is 9.37 Å². The highest BCUT2D eigenvalue weighted by Crippen LogP contribution is 2.29. The van der Waals surface area contributed by atoms with Gasteiger partial charge in [0.1, 0.15) is 5.82 Å². The maximum absolute atomic E-state index is 13.7. The van der Waals surface area contributed by atoms with Crippen molar-refractivity contribution in [1.82, 2.24) is 9.55 Å². The molecule has 0 unspecified atom stereocenters. The minimum atomic E-state index is -0.230. The summed E-state index contributed by atoms with van der Waals surface area (Å²) in [6.07, 6.45) is 2.05. The van der Waals surface area contributed by atoms with Gasteiger partial charge in [0.2, 0.25) is 5.95 Å². The highest BCUT2D eigenvalue weighted by Gasteiger charge is 2.20. The normalized spacial score (nSPS) is 12.3. The van der Waals surface area contributed by atoms with E-state index in [0.717, 1.165) is 11.0 Å². The van der Waals surface area contributed by atoms with E-state index in [-0.39, 0.29) is 10.6 Å². The van der Waals surface area contributed by atoms with E-state index in [9.17, 15) is 4.39 Å². The summed E-state index contributed by atoms with van der Waals surface area (Å²) in [5.41, 5.74) is 7.44. The Morgan fingerprint density at radius 1 is 1.50 bits per heavy atom. The van der Waals surface area contributed by atoms with Crippen molar-refractivity contribution in [2.24, 2.45) is 0 Å². The summed E-state index contributed by atoms with van der Waals surface area (Å²) in [7, 11) is 0. The monoisotopic (exact) mass is 379 g/mol. The van der Waals surface area contributed by atoms with Gasteiger partial charge in [-0.3, -0.25) is 0 Å². The van der Waals surface area contributed by atoms with Crippen LogP contribution >= 0.6 is 34.4 Å². The highest BCUT2D eigenvalue weighted by atomic mass is 127. The summed E-state index contributed by atoms with van der Waals surface area (Å²) in [4.78, 5) is 4.29. The molecule has 6 heteroatoms. The van der Waals surface area contributed by atoms with Crippen LogP contribution in [0.4, 0.5) is 10.3 Å². The molecule has 0 spiro atoms. The number of hydrogen-bond acceptors (Lipinski definition) is 3. The topological polar surface area (TPSA) is 43.8 Å². The summed E-state index contributed by atoms with van der Waals surface area (Å²) < 4.78 is 16.1. The number of aromatic nitrogens is 2. The fraction of sp³-hybridized carbons (Fsp3) is 0.417. The standard InChI is InChI=1S/C12H15FIN3S/c1-12(2,18-3)6-17-10-4-7(13)8(14)5-9(10)16-11(17)15/h4-5H,6H2,1-3H3,(H2,15,16). The van der Waals surface area contributed by atoms with Gasteiger partial charge in [0, 0.05) is 17.4 Å². The molecule has 1 aromatic carbocycles. The van der Waals surface area contributed by atoms with Gasteiger partial charge in [-0.15, -0.1) is 0 Å². The van der Waals surface area contributed by atoms with E-state index >= 15 is 0 Å². The molecule has 0 fully saturated rings. The third-order valence-corrected chi connectivity index (χ3v) is 4.97. The molecule has 98 valence electrons. The molecule has 3 nitrogen and oxygen atoms in total. The largest absolute Gasteiger partial charge is 0.369 e. The lowest BCUT2D eigenvalue weighted by Gasteiger charge is -2.23. The quantitative estimate of drug-likeness (QED) is 0.831. The first-order valence-corrected chi connectivity index (χ1v) is 7.80. The molecular formula is C12H15FIN3S. The molecule has 2 aromatic rings. The molecule has 0 radical (unpaired) electrons. The average molecular weight is 379 g/mol. The molecule has 1 aromatic heterocycles.